The van der Waals surface area contributed by atoms with Crippen LogP contribution in [0.2, 0.25) is 0 Å². The van der Waals surface area contributed by atoms with Gasteiger partial charge in [-0.3, -0.25) is 0 Å². The standard InChI is InChI=1S/C9H15F3N4O/c1-3-4-13-5-7-14-15-8(17-7)16(2)6-9(10,11)12/h13H,3-6H2,1-2H3. The average molecular weight is 252 g/mol. The van der Waals surface area contributed by atoms with E-state index in [9.17, 15) is 13.2 Å². The Bertz CT molecular complexity index is 339. The Hall–Kier alpha value is -1.31. The molecule has 0 bridgehead atoms. The summed E-state index contributed by atoms with van der Waals surface area (Å²) >= 11 is 0. The molecule has 0 aliphatic carbocycles. The van der Waals surface area contributed by atoms with Crippen LogP contribution in [0.3, 0.4) is 0 Å². The number of nitrogens with zero attached hydrogens (tertiary/aromatic N) is 3. The van der Waals surface area contributed by atoms with Crippen molar-refractivity contribution < 1.29 is 17.6 Å². The highest BCUT2D eigenvalue weighted by Crippen LogP contribution is 2.19. The lowest BCUT2D eigenvalue weighted by molar-refractivity contribution is -0.119. The van der Waals surface area contributed by atoms with Crippen LogP contribution in [0.1, 0.15) is 19.2 Å². The van der Waals surface area contributed by atoms with Crippen molar-refractivity contribution in [2.45, 2.75) is 26.1 Å². The van der Waals surface area contributed by atoms with Crippen LogP contribution in [0, 0.1) is 0 Å². The van der Waals surface area contributed by atoms with E-state index in [1.807, 2.05) is 6.92 Å². The van der Waals surface area contributed by atoms with Crippen LogP contribution in [-0.4, -0.2) is 36.5 Å². The van der Waals surface area contributed by atoms with Gasteiger partial charge in [-0.25, -0.2) is 0 Å². The quantitative estimate of drug-likeness (QED) is 0.779. The molecule has 0 spiro atoms. The highest BCUT2D eigenvalue weighted by molar-refractivity contribution is 5.22. The van der Waals surface area contributed by atoms with Gasteiger partial charge in [0.2, 0.25) is 5.89 Å². The summed E-state index contributed by atoms with van der Waals surface area (Å²) in [6.07, 6.45) is -3.33. The molecule has 8 heteroatoms. The second kappa shape index (κ2) is 5.85. The zero-order valence-corrected chi connectivity index (χ0v) is 9.71. The molecule has 1 rings (SSSR count). The molecule has 0 saturated carbocycles. The number of hydrogen-bond acceptors (Lipinski definition) is 5. The fraction of sp³-hybridized carbons (Fsp3) is 0.778. The Kier molecular flexibility index (Phi) is 4.73. The van der Waals surface area contributed by atoms with Crippen molar-refractivity contribution in [3.8, 4) is 0 Å². The van der Waals surface area contributed by atoms with Gasteiger partial charge >= 0.3 is 12.2 Å². The van der Waals surface area contributed by atoms with Crippen LogP contribution in [-0.2, 0) is 6.54 Å². The predicted octanol–water partition coefficient (Wildman–Crippen LogP) is 1.57. The van der Waals surface area contributed by atoms with Crippen LogP contribution >= 0.6 is 0 Å². The molecule has 1 aromatic heterocycles. The van der Waals surface area contributed by atoms with Gasteiger partial charge in [0, 0.05) is 7.05 Å². The summed E-state index contributed by atoms with van der Waals surface area (Å²) in [6, 6.07) is -0.129. The van der Waals surface area contributed by atoms with Crippen molar-refractivity contribution in [1.82, 2.24) is 15.5 Å². The van der Waals surface area contributed by atoms with Crippen molar-refractivity contribution in [3.63, 3.8) is 0 Å². The smallest absolute Gasteiger partial charge is 0.406 e. The summed E-state index contributed by atoms with van der Waals surface area (Å²) in [4.78, 5) is 0.871. The summed E-state index contributed by atoms with van der Waals surface area (Å²) < 4.78 is 41.4. The zero-order valence-electron chi connectivity index (χ0n) is 9.71. The highest BCUT2D eigenvalue weighted by Gasteiger charge is 2.31. The first-order chi connectivity index (χ1) is 7.92. The molecule has 0 aliphatic rings. The number of alkyl halides is 3. The van der Waals surface area contributed by atoms with Crippen molar-refractivity contribution in [2.75, 3.05) is 25.0 Å². The second-order valence-electron chi connectivity index (χ2n) is 3.63. The first-order valence-electron chi connectivity index (χ1n) is 5.23. The molecule has 0 amide bonds. The number of nitrogens with one attached hydrogen (secondary N) is 1. The molecular weight excluding hydrogens is 237 g/mol. The third-order valence-electron chi connectivity index (χ3n) is 1.90. The third kappa shape index (κ3) is 5.03. The van der Waals surface area contributed by atoms with Gasteiger partial charge in [-0.1, -0.05) is 12.0 Å². The molecular formula is C9H15F3N4O. The SMILES string of the molecule is CCCNCc1nnc(N(C)CC(F)(F)F)o1. The summed E-state index contributed by atoms with van der Waals surface area (Å²) in [5, 5.41) is 10.2. The number of hydrogen-bond donors (Lipinski definition) is 1. The number of rotatable bonds is 6. The number of halogens is 3. The van der Waals surface area contributed by atoms with E-state index in [-0.39, 0.29) is 11.9 Å². The molecule has 5 nitrogen and oxygen atoms in total. The second-order valence-corrected chi connectivity index (χ2v) is 3.63. The van der Waals surface area contributed by atoms with Gasteiger partial charge in [-0.15, -0.1) is 5.10 Å². The summed E-state index contributed by atoms with van der Waals surface area (Å²) in [7, 11) is 1.25. The van der Waals surface area contributed by atoms with Gasteiger partial charge in [0.1, 0.15) is 6.54 Å². The van der Waals surface area contributed by atoms with E-state index in [0.717, 1.165) is 17.9 Å². The normalized spacial score (nSPS) is 11.8. The number of aromatic nitrogens is 2. The van der Waals surface area contributed by atoms with Crippen LogP contribution in [0.15, 0.2) is 4.42 Å². The lowest BCUT2D eigenvalue weighted by Crippen LogP contribution is -2.31. The molecule has 1 aromatic rings. The van der Waals surface area contributed by atoms with E-state index >= 15 is 0 Å². The van der Waals surface area contributed by atoms with E-state index in [4.69, 9.17) is 4.42 Å². The Morgan fingerprint density at radius 1 is 1.35 bits per heavy atom. The van der Waals surface area contributed by atoms with Crippen LogP contribution in [0.5, 0.6) is 0 Å². The molecule has 0 fully saturated rings. The minimum absolute atomic E-state index is 0.129. The lowest BCUT2D eigenvalue weighted by atomic mass is 10.5. The van der Waals surface area contributed by atoms with Crippen LogP contribution in [0.25, 0.3) is 0 Å². The molecule has 0 aliphatic heterocycles. The van der Waals surface area contributed by atoms with E-state index in [1.165, 1.54) is 7.05 Å². The molecule has 0 unspecified atom stereocenters. The minimum atomic E-state index is -4.29. The first kappa shape index (κ1) is 13.8. The van der Waals surface area contributed by atoms with Crippen LogP contribution in [0.4, 0.5) is 19.2 Å². The fourth-order valence-electron chi connectivity index (χ4n) is 1.18. The monoisotopic (exact) mass is 252 g/mol. The topological polar surface area (TPSA) is 54.2 Å². The van der Waals surface area contributed by atoms with Gasteiger partial charge in [0.15, 0.2) is 0 Å². The molecule has 17 heavy (non-hydrogen) atoms. The Balaban J connectivity index is 2.49. The van der Waals surface area contributed by atoms with E-state index in [2.05, 4.69) is 15.5 Å². The maximum absolute atomic E-state index is 12.1. The molecule has 0 radical (unpaired) electrons. The maximum atomic E-state index is 12.1. The number of anilines is 1. The largest absolute Gasteiger partial charge is 0.407 e. The van der Waals surface area contributed by atoms with Gasteiger partial charge < -0.3 is 14.6 Å². The fourth-order valence-corrected chi connectivity index (χ4v) is 1.18. The zero-order chi connectivity index (χ0) is 12.9. The molecule has 1 N–H and O–H groups in total. The van der Waals surface area contributed by atoms with Gasteiger partial charge in [-0.05, 0) is 13.0 Å². The maximum Gasteiger partial charge on any atom is 0.406 e. The van der Waals surface area contributed by atoms with Crippen molar-refractivity contribution in [1.29, 1.82) is 0 Å². The Morgan fingerprint density at radius 3 is 2.65 bits per heavy atom. The molecule has 0 aromatic carbocycles. The van der Waals surface area contributed by atoms with Crippen molar-refractivity contribution in [3.05, 3.63) is 5.89 Å². The molecule has 98 valence electrons. The average Bonchev–Trinajstić information content (AvgIpc) is 2.64. The summed E-state index contributed by atoms with van der Waals surface area (Å²) in [5.74, 6) is 0.280. The minimum Gasteiger partial charge on any atom is -0.407 e. The van der Waals surface area contributed by atoms with E-state index in [1.54, 1.807) is 0 Å². The van der Waals surface area contributed by atoms with E-state index < -0.39 is 12.7 Å². The Labute approximate surface area is 97.0 Å². The molecule has 1 heterocycles. The van der Waals surface area contributed by atoms with Gasteiger partial charge in [0.05, 0.1) is 6.54 Å². The predicted molar refractivity (Wildman–Crippen MR) is 55.6 cm³/mol. The third-order valence-corrected chi connectivity index (χ3v) is 1.90. The van der Waals surface area contributed by atoms with Gasteiger partial charge in [-0.2, -0.15) is 13.2 Å². The van der Waals surface area contributed by atoms with Crippen molar-refractivity contribution in [2.24, 2.45) is 0 Å². The Morgan fingerprint density at radius 2 is 2.06 bits per heavy atom. The molecule has 0 saturated heterocycles. The lowest BCUT2D eigenvalue weighted by Gasteiger charge is -2.15. The van der Waals surface area contributed by atoms with Gasteiger partial charge in [0.25, 0.3) is 0 Å². The summed E-state index contributed by atoms with van der Waals surface area (Å²) in [6.45, 7) is 2.04. The summed E-state index contributed by atoms with van der Waals surface area (Å²) in [5.41, 5.74) is 0. The van der Waals surface area contributed by atoms with E-state index in [0.29, 0.717) is 6.54 Å². The van der Waals surface area contributed by atoms with Crippen LogP contribution < -0.4 is 10.2 Å². The first-order valence-corrected chi connectivity index (χ1v) is 5.23. The molecule has 0 atom stereocenters. The van der Waals surface area contributed by atoms with Crippen molar-refractivity contribution >= 4 is 6.01 Å². The highest BCUT2D eigenvalue weighted by atomic mass is 19.4.